The van der Waals surface area contributed by atoms with Crippen molar-refractivity contribution in [3.8, 4) is 6.07 Å². The van der Waals surface area contributed by atoms with E-state index in [-0.39, 0.29) is 6.10 Å². The molecule has 4 heteroatoms. The minimum Gasteiger partial charge on any atom is -0.379 e. The van der Waals surface area contributed by atoms with Crippen molar-refractivity contribution in [2.75, 3.05) is 19.8 Å². The molecule has 0 aromatic carbocycles. The monoisotopic (exact) mass is 254 g/mol. The standard InChI is InChI=1S/C14H26N2O2/c1-12(2)16-14(3,11-15)7-9-17-10-13-6-4-5-8-18-13/h12-13,16H,4-10H2,1-3H3. The third-order valence-electron chi connectivity index (χ3n) is 3.18. The molecule has 0 saturated carbocycles. The zero-order chi connectivity index (χ0) is 13.4. The van der Waals surface area contributed by atoms with Crippen molar-refractivity contribution in [2.24, 2.45) is 0 Å². The summed E-state index contributed by atoms with van der Waals surface area (Å²) >= 11 is 0. The summed E-state index contributed by atoms with van der Waals surface area (Å²) in [5.74, 6) is 0. The number of rotatable bonds is 7. The predicted octanol–water partition coefficient (Wildman–Crippen LogP) is 2.24. The second kappa shape index (κ2) is 7.73. The van der Waals surface area contributed by atoms with Gasteiger partial charge in [-0.2, -0.15) is 5.26 Å². The lowest BCUT2D eigenvalue weighted by Crippen LogP contribution is -2.45. The number of ether oxygens (including phenoxy) is 2. The van der Waals surface area contributed by atoms with Crippen LogP contribution >= 0.6 is 0 Å². The van der Waals surface area contributed by atoms with Crippen LogP contribution in [-0.4, -0.2) is 37.5 Å². The van der Waals surface area contributed by atoms with E-state index in [0.717, 1.165) is 13.0 Å². The second-order valence-electron chi connectivity index (χ2n) is 5.56. The lowest BCUT2D eigenvalue weighted by Gasteiger charge is -2.27. The number of nitrogens with zero attached hydrogens (tertiary/aromatic N) is 1. The molecule has 2 unspecified atom stereocenters. The second-order valence-corrected chi connectivity index (χ2v) is 5.56. The van der Waals surface area contributed by atoms with E-state index in [0.29, 0.717) is 25.7 Å². The highest BCUT2D eigenvalue weighted by Gasteiger charge is 2.24. The molecule has 2 atom stereocenters. The molecule has 0 aromatic heterocycles. The molecule has 4 nitrogen and oxygen atoms in total. The Hall–Kier alpha value is -0.630. The van der Waals surface area contributed by atoms with Crippen LogP contribution < -0.4 is 5.32 Å². The molecule has 1 N–H and O–H groups in total. The van der Waals surface area contributed by atoms with Crippen LogP contribution in [-0.2, 0) is 9.47 Å². The van der Waals surface area contributed by atoms with Gasteiger partial charge in [0.2, 0.25) is 0 Å². The van der Waals surface area contributed by atoms with E-state index in [4.69, 9.17) is 9.47 Å². The van der Waals surface area contributed by atoms with Gasteiger partial charge in [-0.1, -0.05) is 0 Å². The Balaban J connectivity index is 2.17. The fraction of sp³-hybridized carbons (Fsp3) is 0.929. The average Bonchev–Trinajstić information content (AvgIpc) is 2.35. The molecular formula is C14H26N2O2. The molecule has 1 fully saturated rings. The molecule has 0 aliphatic carbocycles. The maximum Gasteiger partial charge on any atom is 0.106 e. The summed E-state index contributed by atoms with van der Waals surface area (Å²) in [4.78, 5) is 0. The quantitative estimate of drug-likeness (QED) is 0.708. The first-order valence-electron chi connectivity index (χ1n) is 6.94. The molecule has 0 bridgehead atoms. The number of hydrogen-bond donors (Lipinski definition) is 1. The van der Waals surface area contributed by atoms with E-state index < -0.39 is 5.54 Å². The smallest absolute Gasteiger partial charge is 0.106 e. The molecule has 104 valence electrons. The Morgan fingerprint density at radius 3 is 2.83 bits per heavy atom. The Labute approximate surface area is 111 Å². The van der Waals surface area contributed by atoms with Crippen molar-refractivity contribution >= 4 is 0 Å². The first-order valence-corrected chi connectivity index (χ1v) is 6.94. The Morgan fingerprint density at radius 2 is 2.28 bits per heavy atom. The normalized spacial score (nSPS) is 23.6. The van der Waals surface area contributed by atoms with Crippen molar-refractivity contribution in [1.29, 1.82) is 5.26 Å². The molecule has 1 aliphatic heterocycles. The van der Waals surface area contributed by atoms with E-state index in [9.17, 15) is 5.26 Å². The molecular weight excluding hydrogens is 228 g/mol. The summed E-state index contributed by atoms with van der Waals surface area (Å²) < 4.78 is 11.2. The van der Waals surface area contributed by atoms with Crippen LogP contribution in [0.25, 0.3) is 0 Å². The largest absolute Gasteiger partial charge is 0.379 e. The molecule has 1 rings (SSSR count). The van der Waals surface area contributed by atoms with Crippen molar-refractivity contribution in [3.63, 3.8) is 0 Å². The van der Waals surface area contributed by atoms with Gasteiger partial charge in [0, 0.05) is 25.7 Å². The van der Waals surface area contributed by atoms with Gasteiger partial charge in [0.1, 0.15) is 5.54 Å². The fourth-order valence-electron chi connectivity index (χ4n) is 2.23. The lowest BCUT2D eigenvalue weighted by molar-refractivity contribution is -0.0426. The van der Waals surface area contributed by atoms with Crippen LogP contribution in [0.1, 0.15) is 46.5 Å². The summed E-state index contributed by atoms with van der Waals surface area (Å²) in [7, 11) is 0. The number of nitriles is 1. The van der Waals surface area contributed by atoms with Gasteiger partial charge < -0.3 is 9.47 Å². The van der Waals surface area contributed by atoms with Crippen LogP contribution in [0.2, 0.25) is 0 Å². The van der Waals surface area contributed by atoms with Gasteiger partial charge in [-0.05, 0) is 40.0 Å². The topological polar surface area (TPSA) is 54.3 Å². The van der Waals surface area contributed by atoms with Crippen molar-refractivity contribution < 1.29 is 9.47 Å². The van der Waals surface area contributed by atoms with Gasteiger partial charge in [0.15, 0.2) is 0 Å². The Bertz CT molecular complexity index is 269. The summed E-state index contributed by atoms with van der Waals surface area (Å²) in [6.45, 7) is 8.14. The van der Waals surface area contributed by atoms with E-state index >= 15 is 0 Å². The maximum absolute atomic E-state index is 9.19. The molecule has 18 heavy (non-hydrogen) atoms. The number of nitrogens with one attached hydrogen (secondary N) is 1. The molecule has 0 spiro atoms. The predicted molar refractivity (Wildman–Crippen MR) is 71.3 cm³/mol. The van der Waals surface area contributed by atoms with Crippen LogP contribution in [0.5, 0.6) is 0 Å². The number of hydrogen-bond acceptors (Lipinski definition) is 4. The van der Waals surface area contributed by atoms with Gasteiger partial charge in [-0.25, -0.2) is 0 Å². The van der Waals surface area contributed by atoms with E-state index in [2.05, 4.69) is 11.4 Å². The van der Waals surface area contributed by atoms with E-state index in [1.54, 1.807) is 0 Å². The summed E-state index contributed by atoms with van der Waals surface area (Å²) in [5, 5.41) is 12.5. The zero-order valence-corrected chi connectivity index (χ0v) is 11.9. The maximum atomic E-state index is 9.19. The van der Waals surface area contributed by atoms with Crippen molar-refractivity contribution in [2.45, 2.75) is 64.1 Å². The summed E-state index contributed by atoms with van der Waals surface area (Å²) in [6, 6.07) is 2.63. The highest BCUT2D eigenvalue weighted by molar-refractivity contribution is 5.04. The van der Waals surface area contributed by atoms with Gasteiger partial charge in [-0.15, -0.1) is 0 Å². The summed E-state index contributed by atoms with van der Waals surface area (Å²) in [6.07, 6.45) is 4.46. The van der Waals surface area contributed by atoms with Crippen LogP contribution in [0.3, 0.4) is 0 Å². The molecule has 0 radical (unpaired) electrons. The van der Waals surface area contributed by atoms with Gasteiger partial charge in [0.05, 0.1) is 18.8 Å². The Morgan fingerprint density at radius 1 is 1.50 bits per heavy atom. The van der Waals surface area contributed by atoms with Gasteiger partial charge in [0.25, 0.3) is 0 Å². The van der Waals surface area contributed by atoms with E-state index in [1.165, 1.54) is 12.8 Å². The minimum atomic E-state index is -0.498. The molecule has 1 heterocycles. The average molecular weight is 254 g/mol. The third kappa shape index (κ3) is 5.81. The molecule has 0 aromatic rings. The Kier molecular flexibility index (Phi) is 6.62. The van der Waals surface area contributed by atoms with Crippen molar-refractivity contribution in [1.82, 2.24) is 5.32 Å². The molecule has 1 aliphatic rings. The summed E-state index contributed by atoms with van der Waals surface area (Å²) in [5.41, 5.74) is -0.498. The van der Waals surface area contributed by atoms with E-state index in [1.807, 2.05) is 20.8 Å². The van der Waals surface area contributed by atoms with Crippen molar-refractivity contribution in [3.05, 3.63) is 0 Å². The van der Waals surface area contributed by atoms with Gasteiger partial charge >= 0.3 is 0 Å². The first-order chi connectivity index (χ1) is 8.56. The van der Waals surface area contributed by atoms with Crippen LogP contribution in [0.15, 0.2) is 0 Å². The third-order valence-corrected chi connectivity index (χ3v) is 3.18. The SMILES string of the molecule is CC(C)NC(C)(C#N)CCOCC1CCCCO1. The van der Waals surface area contributed by atoms with Crippen LogP contribution in [0.4, 0.5) is 0 Å². The lowest BCUT2D eigenvalue weighted by atomic mass is 9.99. The highest BCUT2D eigenvalue weighted by Crippen LogP contribution is 2.14. The molecule has 1 saturated heterocycles. The highest BCUT2D eigenvalue weighted by atomic mass is 16.5. The van der Waals surface area contributed by atoms with Crippen LogP contribution in [0, 0.1) is 11.3 Å². The minimum absolute atomic E-state index is 0.255. The van der Waals surface area contributed by atoms with Gasteiger partial charge in [-0.3, -0.25) is 5.32 Å². The zero-order valence-electron chi connectivity index (χ0n) is 11.9. The first kappa shape index (κ1) is 15.4. The fourth-order valence-corrected chi connectivity index (χ4v) is 2.23. The molecule has 0 amide bonds.